The number of halogens is 1. The van der Waals surface area contributed by atoms with Crippen LogP contribution >= 0.6 is 0 Å². The molecule has 2 amide bonds. The van der Waals surface area contributed by atoms with E-state index < -0.39 is 41.7 Å². The largest absolute Gasteiger partial charge is 0.478 e. The van der Waals surface area contributed by atoms with Crippen LogP contribution in [0.1, 0.15) is 22.0 Å². The predicted octanol–water partition coefficient (Wildman–Crippen LogP) is 3.58. The number of imide groups is 1. The molecule has 0 radical (unpaired) electrons. The number of nitrogens with zero attached hydrogens (tertiary/aromatic N) is 2. The van der Waals surface area contributed by atoms with Gasteiger partial charge in [-0.25, -0.2) is 19.1 Å². The Morgan fingerprint density at radius 3 is 2.19 bits per heavy atom. The van der Waals surface area contributed by atoms with Crippen molar-refractivity contribution in [2.75, 3.05) is 9.96 Å². The second-order valence-corrected chi connectivity index (χ2v) is 7.54. The maximum absolute atomic E-state index is 13.5. The smallest absolute Gasteiger partial charge is 0.336 e. The summed E-state index contributed by atoms with van der Waals surface area (Å²) in [6.45, 7) is 0. The van der Waals surface area contributed by atoms with Crippen molar-refractivity contribution in [3.63, 3.8) is 0 Å². The Morgan fingerprint density at radius 1 is 0.844 bits per heavy atom. The standard InChI is InChI=1S/C24H17FN2O5/c25-14-10-12-15(13-11-14)26-22(28)19-20(17-8-4-5-9-18(17)24(30)31)27(32-21(19)23(26)29)16-6-2-1-3-7-16/h1-13,19-21H,(H,30,31)/t19-,20+,21-/m0/s1. The summed E-state index contributed by atoms with van der Waals surface area (Å²) >= 11 is 0. The van der Waals surface area contributed by atoms with Gasteiger partial charge in [0.25, 0.3) is 5.91 Å². The number of fused-ring (bicyclic) bond motifs is 1. The van der Waals surface area contributed by atoms with Crippen molar-refractivity contribution in [2.45, 2.75) is 12.1 Å². The van der Waals surface area contributed by atoms with Crippen LogP contribution in [0.4, 0.5) is 15.8 Å². The highest BCUT2D eigenvalue weighted by Crippen LogP contribution is 2.48. The molecule has 0 unspecified atom stereocenters. The van der Waals surface area contributed by atoms with Crippen molar-refractivity contribution in [1.82, 2.24) is 0 Å². The molecule has 0 bridgehead atoms. The number of benzene rings is 3. The average molecular weight is 432 g/mol. The Balaban J connectivity index is 1.63. The van der Waals surface area contributed by atoms with E-state index in [0.29, 0.717) is 11.3 Å². The lowest BCUT2D eigenvalue weighted by atomic mass is 9.88. The van der Waals surface area contributed by atoms with Crippen molar-refractivity contribution in [3.05, 3.63) is 95.8 Å². The Kier molecular flexibility index (Phi) is 4.71. The van der Waals surface area contributed by atoms with Crippen LogP contribution in [-0.4, -0.2) is 29.0 Å². The number of carbonyl (C=O) groups excluding carboxylic acids is 2. The van der Waals surface area contributed by atoms with Crippen LogP contribution in [-0.2, 0) is 14.4 Å². The second-order valence-electron chi connectivity index (χ2n) is 7.54. The van der Waals surface area contributed by atoms with Gasteiger partial charge in [-0.2, -0.15) is 0 Å². The number of anilines is 2. The second kappa shape index (κ2) is 7.58. The maximum Gasteiger partial charge on any atom is 0.336 e. The Morgan fingerprint density at radius 2 is 1.50 bits per heavy atom. The van der Waals surface area contributed by atoms with Gasteiger partial charge in [-0.1, -0.05) is 36.4 Å². The van der Waals surface area contributed by atoms with Crippen molar-refractivity contribution in [3.8, 4) is 0 Å². The SMILES string of the molecule is O=C(O)c1ccccc1[C@@H]1[C@@H]2C(=O)N(c3ccc(F)cc3)C(=O)[C@H]2ON1c1ccccc1. The van der Waals surface area contributed by atoms with E-state index in [1.54, 1.807) is 42.5 Å². The van der Waals surface area contributed by atoms with E-state index in [1.807, 2.05) is 6.07 Å². The molecule has 5 rings (SSSR count). The number of rotatable bonds is 4. The third kappa shape index (κ3) is 3.04. The fourth-order valence-electron chi connectivity index (χ4n) is 4.32. The third-order valence-electron chi connectivity index (χ3n) is 5.72. The van der Waals surface area contributed by atoms with Crippen LogP contribution in [0.2, 0.25) is 0 Å². The zero-order valence-electron chi connectivity index (χ0n) is 16.6. The molecule has 2 saturated heterocycles. The number of amides is 2. The molecular formula is C24H17FN2O5. The van der Waals surface area contributed by atoms with Crippen molar-refractivity contribution >= 4 is 29.2 Å². The summed E-state index contributed by atoms with van der Waals surface area (Å²) in [5.41, 5.74) is 1.19. The van der Waals surface area contributed by atoms with E-state index in [-0.39, 0.29) is 11.3 Å². The van der Waals surface area contributed by atoms with Crippen molar-refractivity contribution in [2.24, 2.45) is 5.92 Å². The molecule has 2 fully saturated rings. The number of hydroxylamine groups is 1. The fourth-order valence-corrected chi connectivity index (χ4v) is 4.32. The number of carbonyl (C=O) groups is 3. The molecule has 160 valence electrons. The quantitative estimate of drug-likeness (QED) is 0.635. The van der Waals surface area contributed by atoms with E-state index in [4.69, 9.17) is 4.84 Å². The number of aromatic carboxylic acids is 1. The number of carboxylic acid groups (broad SMARTS) is 1. The molecule has 3 aromatic carbocycles. The van der Waals surface area contributed by atoms with Gasteiger partial charge in [0, 0.05) is 0 Å². The molecule has 0 aliphatic carbocycles. The van der Waals surface area contributed by atoms with Crippen LogP contribution in [0.3, 0.4) is 0 Å². The lowest BCUT2D eigenvalue weighted by Crippen LogP contribution is -2.37. The maximum atomic E-state index is 13.5. The van der Waals surface area contributed by atoms with E-state index in [1.165, 1.54) is 35.4 Å². The molecule has 8 heteroatoms. The van der Waals surface area contributed by atoms with Gasteiger partial charge >= 0.3 is 5.97 Å². The van der Waals surface area contributed by atoms with E-state index in [9.17, 15) is 23.9 Å². The van der Waals surface area contributed by atoms with E-state index >= 15 is 0 Å². The summed E-state index contributed by atoms with van der Waals surface area (Å²) in [6, 6.07) is 19.4. The number of hydrogen-bond donors (Lipinski definition) is 1. The summed E-state index contributed by atoms with van der Waals surface area (Å²) in [5.74, 6) is -3.73. The number of carboxylic acids is 1. The van der Waals surface area contributed by atoms with Crippen LogP contribution in [0.15, 0.2) is 78.9 Å². The molecule has 2 aliphatic heterocycles. The lowest BCUT2D eigenvalue weighted by Gasteiger charge is -2.29. The molecular weight excluding hydrogens is 415 g/mol. The predicted molar refractivity (Wildman–Crippen MR) is 112 cm³/mol. The molecule has 0 saturated carbocycles. The summed E-state index contributed by atoms with van der Waals surface area (Å²) in [4.78, 5) is 45.6. The Bertz CT molecular complexity index is 1210. The highest BCUT2D eigenvalue weighted by molar-refractivity contribution is 6.24. The summed E-state index contributed by atoms with van der Waals surface area (Å²) in [5, 5.41) is 11.2. The number of para-hydroxylation sites is 1. The lowest BCUT2D eigenvalue weighted by molar-refractivity contribution is -0.126. The first kappa shape index (κ1) is 19.9. The zero-order valence-corrected chi connectivity index (χ0v) is 16.6. The van der Waals surface area contributed by atoms with Gasteiger partial charge in [-0.05, 0) is 48.0 Å². The molecule has 32 heavy (non-hydrogen) atoms. The summed E-state index contributed by atoms with van der Waals surface area (Å²) < 4.78 is 13.4. The molecule has 3 atom stereocenters. The first-order chi connectivity index (χ1) is 15.5. The van der Waals surface area contributed by atoms with Gasteiger partial charge < -0.3 is 5.11 Å². The van der Waals surface area contributed by atoms with E-state index in [0.717, 1.165) is 4.90 Å². The van der Waals surface area contributed by atoms with Crippen LogP contribution < -0.4 is 9.96 Å². The average Bonchev–Trinajstić information content (AvgIpc) is 3.31. The highest BCUT2D eigenvalue weighted by atomic mass is 19.1. The topological polar surface area (TPSA) is 87.2 Å². The van der Waals surface area contributed by atoms with Crippen LogP contribution in [0.25, 0.3) is 0 Å². The van der Waals surface area contributed by atoms with Gasteiger partial charge in [-0.3, -0.25) is 14.4 Å². The molecule has 0 aromatic heterocycles. The minimum Gasteiger partial charge on any atom is -0.478 e. The number of hydrogen-bond acceptors (Lipinski definition) is 5. The molecule has 3 aromatic rings. The Labute approximate surface area is 182 Å². The van der Waals surface area contributed by atoms with Gasteiger partial charge in [0.15, 0.2) is 6.10 Å². The molecule has 1 N–H and O–H groups in total. The van der Waals surface area contributed by atoms with Crippen LogP contribution in [0.5, 0.6) is 0 Å². The van der Waals surface area contributed by atoms with Crippen molar-refractivity contribution < 1.29 is 28.7 Å². The molecule has 7 nitrogen and oxygen atoms in total. The van der Waals surface area contributed by atoms with Gasteiger partial charge in [0.1, 0.15) is 11.7 Å². The van der Waals surface area contributed by atoms with Crippen molar-refractivity contribution in [1.29, 1.82) is 0 Å². The Hall–Kier alpha value is -4.04. The highest BCUT2D eigenvalue weighted by Gasteiger charge is 2.60. The fraction of sp³-hybridized carbons (Fsp3) is 0.125. The summed E-state index contributed by atoms with van der Waals surface area (Å²) in [6.07, 6.45) is -1.14. The zero-order chi connectivity index (χ0) is 22.4. The minimum absolute atomic E-state index is 0.0168. The normalized spacial score (nSPS) is 22.3. The first-order valence-electron chi connectivity index (χ1n) is 9.94. The molecule has 0 spiro atoms. The monoisotopic (exact) mass is 432 g/mol. The van der Waals surface area contributed by atoms with Gasteiger partial charge in [0.2, 0.25) is 5.91 Å². The van der Waals surface area contributed by atoms with Gasteiger partial charge in [0.05, 0.1) is 23.0 Å². The van der Waals surface area contributed by atoms with E-state index in [2.05, 4.69) is 0 Å². The minimum atomic E-state index is -1.15. The van der Waals surface area contributed by atoms with Crippen LogP contribution in [0, 0.1) is 11.7 Å². The molecule has 2 aliphatic rings. The van der Waals surface area contributed by atoms with Gasteiger partial charge in [-0.15, -0.1) is 0 Å². The summed E-state index contributed by atoms with van der Waals surface area (Å²) in [7, 11) is 0. The molecule has 2 heterocycles. The first-order valence-corrected chi connectivity index (χ1v) is 9.94. The third-order valence-corrected chi connectivity index (χ3v) is 5.72.